The van der Waals surface area contributed by atoms with Crippen LogP contribution in [0.25, 0.3) is 41.8 Å². The maximum Gasteiger partial charge on any atom is 0.280 e. The van der Waals surface area contributed by atoms with E-state index < -0.39 is 45.8 Å². The van der Waals surface area contributed by atoms with Gasteiger partial charge in [0, 0.05) is 137 Å². The van der Waals surface area contributed by atoms with E-state index in [2.05, 4.69) is 117 Å². The third kappa shape index (κ3) is 23.9. The van der Waals surface area contributed by atoms with Crippen molar-refractivity contribution in [2.45, 2.75) is 378 Å². The van der Waals surface area contributed by atoms with E-state index in [1.165, 1.54) is 59.1 Å². The van der Waals surface area contributed by atoms with Crippen LogP contribution < -0.4 is 42.5 Å². The van der Waals surface area contributed by atoms with Gasteiger partial charge in [-0.1, -0.05) is 6.92 Å². The number of pyridine rings is 4. The average Bonchev–Trinajstić information content (AvgIpc) is 1.58. The van der Waals surface area contributed by atoms with E-state index in [4.69, 9.17) is 0 Å². The number of alkyl halides is 2. The first-order valence-electron chi connectivity index (χ1n) is 51.4. The minimum absolute atomic E-state index is 0.0178. The summed E-state index contributed by atoms with van der Waals surface area (Å²) in [6, 6.07) is 8.88. The third-order valence-corrected chi connectivity index (χ3v) is 36.4. The minimum atomic E-state index is -3.11. The topological polar surface area (TPSA) is 444 Å². The Balaban J connectivity index is 0.000000131. The second kappa shape index (κ2) is 44.2. The molecule has 12 fully saturated rings. The summed E-state index contributed by atoms with van der Waals surface area (Å²) < 4.78 is 52.0. The average molecular weight is 2060 g/mol. The van der Waals surface area contributed by atoms with E-state index in [9.17, 15) is 70.9 Å². The Bertz CT molecular complexity index is 6110. The summed E-state index contributed by atoms with van der Waals surface area (Å²) in [6.45, 7) is 24.6. The number of hydrogen-bond acceptors (Lipinski definition) is 29. The molecule has 8 aliphatic heterocycles. The molecule has 0 radical (unpaired) electrons. The number of anilines is 4. The fourth-order valence-corrected chi connectivity index (χ4v) is 27.8. The van der Waals surface area contributed by atoms with Gasteiger partial charge in [0.05, 0.1) is 61.4 Å². The second-order valence-corrected chi connectivity index (χ2v) is 48.8. The quantitative estimate of drug-likeness (QED) is 0.0240. The lowest BCUT2D eigenvalue weighted by Crippen LogP contribution is -2.40. The highest BCUT2D eigenvalue weighted by molar-refractivity contribution is 7.91. The largest absolute Gasteiger partial charge is 0.393 e. The molecule has 33 nitrogen and oxygen atoms in total. The predicted octanol–water partition coefficient (Wildman–Crippen LogP) is 16.3. The summed E-state index contributed by atoms with van der Waals surface area (Å²) in [4.78, 5) is 153. The summed E-state index contributed by atoms with van der Waals surface area (Å²) in [5.41, 5.74) is 5.78. The molecule has 16 heterocycles. The molecule has 8 aromatic heterocycles. The number of aryl methyl sites for hydroxylation is 3. The van der Waals surface area contributed by atoms with E-state index in [0.717, 1.165) is 191 Å². The van der Waals surface area contributed by atoms with Crippen molar-refractivity contribution in [3.8, 4) is 41.8 Å². The summed E-state index contributed by atoms with van der Waals surface area (Å²) >= 11 is 4.61. The molecule has 20 rings (SSSR count). The van der Waals surface area contributed by atoms with Crippen molar-refractivity contribution >= 4 is 126 Å². The number of sulfone groups is 1. The molecule has 143 heavy (non-hydrogen) atoms. The molecule has 8 saturated heterocycles. The van der Waals surface area contributed by atoms with Crippen molar-refractivity contribution in [1.82, 2.24) is 80.7 Å². The van der Waals surface area contributed by atoms with Gasteiger partial charge in [-0.2, -0.15) is 0 Å². The van der Waals surface area contributed by atoms with E-state index in [1.807, 2.05) is 87.6 Å². The zero-order valence-electron chi connectivity index (χ0n) is 83.6. The number of amides is 8. The van der Waals surface area contributed by atoms with Gasteiger partial charge in [0.15, 0.2) is 20.0 Å². The van der Waals surface area contributed by atoms with Gasteiger partial charge in [-0.25, -0.2) is 57.1 Å². The number of hydrogen-bond donors (Lipinski definition) is 11. The van der Waals surface area contributed by atoms with Crippen molar-refractivity contribution in [2.75, 3.05) is 39.3 Å². The van der Waals surface area contributed by atoms with Crippen molar-refractivity contribution in [3.63, 3.8) is 0 Å². The summed E-state index contributed by atoms with van der Waals surface area (Å²) in [7, 11) is -3.11. The zero-order valence-corrected chi connectivity index (χ0v) is 87.7. The first-order valence-corrected chi connectivity index (χ1v) is 56.4. The lowest BCUT2D eigenvalue weighted by molar-refractivity contribution is 0.0716. The van der Waals surface area contributed by atoms with Crippen LogP contribution in [0.5, 0.6) is 0 Å². The molecule has 0 spiro atoms. The minimum Gasteiger partial charge on any atom is -0.393 e. The number of aliphatic hydroxyl groups is 3. The molecule has 770 valence electrons. The fraction of sp³-hybridized carbons (Fsp3) is 0.612. The number of aromatic nitrogens is 8. The Kier molecular flexibility index (Phi) is 32.2. The van der Waals surface area contributed by atoms with Gasteiger partial charge >= 0.3 is 0 Å². The van der Waals surface area contributed by atoms with Crippen LogP contribution in [0.3, 0.4) is 0 Å². The van der Waals surface area contributed by atoms with Gasteiger partial charge in [-0.15, -0.1) is 45.3 Å². The summed E-state index contributed by atoms with van der Waals surface area (Å²) in [5, 5.41) is 55.9. The number of aliphatic hydroxyl groups excluding tert-OH is 3. The van der Waals surface area contributed by atoms with E-state index >= 15 is 0 Å². The van der Waals surface area contributed by atoms with E-state index in [-0.39, 0.29) is 186 Å². The standard InChI is InChI=1S/C27H35N5O3S.C26H35N5O3S.C25H33F2N5O4S2.C25H33N5O3S/c1-14-12-22(29-15(2)16-6-7-16)28-13-19(14)24-23(27(35)32-17-8-9-18(32)11-10-17)31-26(36-24)25(34)30-20-4-3-5-21(20)33;1-4-15(3)28-21-12-14(2)18(13-27-21)23-22(26(34)31-16-8-9-17(31)11-10-16)30-25(35-23)24(33)29-19-6-5-7-20(19)32;1-14-6-5-9-32(14)24(34)19-20(17-13-28-18(31-25(2,3)4)12-16(17)21(26)27)37-23(30-19)22(33)29-15-7-10-38(35,36)11-8-15;1-13(2)27-20-10-14(3)19(12-26-20)22-21(25(33)30-16-5-6-17(30)8-7-16)29-24(34-22)23(32)28-15-4-9-18(31)11-15/h12-13,15-18,20-21,33H,3-11H2,1-2H3,(H,28,29)(H,30,34);12-13,15-17,19-20,32H,4-11H2,1-3H3,(H,27,28)(H,29,33);12-15,21H,5-11H2,1-4H3,(H,28,31)(H,29,33);10,12-13,15-18,31H,4-9,11H2,1-3H3,(H,26,27)(H,28,32)/t15-,17?,18?,20-,21-;15-,16?,17?,19-,20-;14-;15-,16?,17?,18-/m1101/s1. The lowest BCUT2D eigenvalue weighted by Gasteiger charge is -2.23. The number of likely N-dealkylation sites (tertiary alicyclic amines) is 1. The van der Waals surface area contributed by atoms with Gasteiger partial charge in [-0.05, 0) is 303 Å². The highest BCUT2D eigenvalue weighted by atomic mass is 32.2. The number of carbonyl (C=O) groups excluding carboxylic acids is 8. The molecule has 12 aliphatic rings. The normalized spacial score (nSPS) is 24.9. The van der Waals surface area contributed by atoms with Crippen LogP contribution in [-0.2, 0) is 9.84 Å². The molecule has 4 saturated carbocycles. The number of nitrogens with zero attached hydrogens (tertiary/aromatic N) is 12. The van der Waals surface area contributed by atoms with Crippen LogP contribution in [0.4, 0.5) is 32.1 Å². The molecular weight excluding hydrogens is 1920 g/mol. The highest BCUT2D eigenvalue weighted by Crippen LogP contribution is 2.48. The van der Waals surface area contributed by atoms with Crippen LogP contribution >= 0.6 is 45.3 Å². The molecule has 11 N–H and O–H groups in total. The van der Waals surface area contributed by atoms with Gasteiger partial charge in [0.2, 0.25) is 0 Å². The van der Waals surface area contributed by atoms with Crippen LogP contribution in [0, 0.1) is 26.7 Å². The number of carbonyl (C=O) groups is 8. The first-order chi connectivity index (χ1) is 68.3. The Hall–Kier alpha value is -10.2. The Labute approximate surface area is 850 Å². The number of fused-ring (bicyclic) bond motifs is 6. The Morgan fingerprint density at radius 2 is 0.825 bits per heavy atom. The highest BCUT2D eigenvalue weighted by Gasteiger charge is 2.49. The van der Waals surface area contributed by atoms with Crippen LogP contribution in [-0.4, -0.2) is 257 Å². The number of rotatable bonds is 26. The SMILES string of the molecule is CC[C@@H](C)Nc1cc(C)c(-c2sc(C(=O)N[C@@H]3CCC[C@H]3O)nc2C(=O)N2C3CCC2CC3)cn1.C[C@H]1CCCN1C(=O)c1nc(C(=O)NC2CCS(=O)(=O)CC2)sc1-c1cnc(NC(C)(C)C)cc1C(F)F.Cc1cc(NC(C)C)ncc1-c1sc(C(=O)N[C@@H]2CC[C@@H](O)C2)nc1C(=O)N1C2CCC1CC2.Cc1cc(N[C@H](C)C2CC2)ncc1-c1sc(C(=O)N[C@@H]2CCC[C@H]2O)nc1C(=O)N1C2CCC1CC2. The van der Waals surface area contributed by atoms with Gasteiger partial charge in [0.25, 0.3) is 53.7 Å². The molecule has 4 aliphatic carbocycles. The molecule has 9 atom stereocenters. The van der Waals surface area contributed by atoms with Gasteiger partial charge in [0.1, 0.15) is 55.9 Å². The lowest BCUT2D eigenvalue weighted by atomic mass is 10.0. The molecular formula is C103H136F2N20O13S5. The van der Waals surface area contributed by atoms with Crippen molar-refractivity contribution in [2.24, 2.45) is 5.92 Å². The van der Waals surface area contributed by atoms with Crippen LogP contribution in [0.2, 0.25) is 0 Å². The van der Waals surface area contributed by atoms with Gasteiger partial charge < -0.3 is 77.5 Å². The predicted molar refractivity (Wildman–Crippen MR) is 551 cm³/mol. The van der Waals surface area contributed by atoms with Crippen molar-refractivity contribution in [1.29, 1.82) is 0 Å². The summed E-state index contributed by atoms with van der Waals surface area (Å²) in [6.07, 6.45) is 27.3. The maximum atomic E-state index is 14.3. The molecule has 0 aromatic carbocycles. The van der Waals surface area contributed by atoms with E-state index in [1.54, 1.807) is 17.3 Å². The summed E-state index contributed by atoms with van der Waals surface area (Å²) in [5.74, 6) is 1.22. The Morgan fingerprint density at radius 3 is 1.17 bits per heavy atom. The number of halogens is 2. The monoisotopic (exact) mass is 2060 g/mol. The molecule has 8 amide bonds. The first kappa shape index (κ1) is 104. The van der Waals surface area contributed by atoms with Crippen LogP contribution in [0.15, 0.2) is 49.1 Å². The van der Waals surface area contributed by atoms with Crippen molar-refractivity contribution < 1.29 is 70.9 Å². The maximum absolute atomic E-state index is 14.3. The van der Waals surface area contributed by atoms with Crippen molar-refractivity contribution in [3.05, 3.63) is 114 Å². The van der Waals surface area contributed by atoms with Gasteiger partial charge in [-0.3, -0.25) is 38.4 Å². The molecule has 6 bridgehead atoms. The number of thiazole rings is 4. The third-order valence-electron chi connectivity index (χ3n) is 30.3. The van der Waals surface area contributed by atoms with E-state index in [0.29, 0.717) is 81.9 Å². The smallest absolute Gasteiger partial charge is 0.280 e. The second-order valence-electron chi connectivity index (χ2n) is 42.5. The Morgan fingerprint density at radius 1 is 0.448 bits per heavy atom. The molecule has 0 unspecified atom stereocenters. The number of nitrogens with one attached hydrogen (secondary N) is 8. The van der Waals surface area contributed by atoms with Crippen LogP contribution in [0.1, 0.15) is 352 Å². The molecule has 8 aromatic rings. The fourth-order valence-electron chi connectivity index (χ4n) is 22.3. The molecule has 40 heteroatoms. The zero-order chi connectivity index (χ0) is 101.